The summed E-state index contributed by atoms with van der Waals surface area (Å²) in [4.78, 5) is 27.1. The van der Waals surface area contributed by atoms with E-state index >= 15 is 0 Å². The number of benzene rings is 1. The van der Waals surface area contributed by atoms with Crippen LogP contribution in [-0.2, 0) is 0 Å². The standard InChI is InChI=1S/C20H21FN4O/c1-12-13(2)24-19(23-12)15-4-3-7-25(11-15)20(26)18-10-22-9-14-5-6-16(21)8-17(14)18/h5-6,8-10,15H,3-4,7,11H2,1-2H3,(H,23,24). The SMILES string of the molecule is Cc1nc(C2CCCN(C(=O)c3cncc4ccc(F)cc34)C2)[nH]c1C. The number of aromatic nitrogens is 3. The Bertz CT molecular complexity index is 962. The van der Waals surface area contributed by atoms with Gasteiger partial charge < -0.3 is 9.88 Å². The number of piperidine rings is 1. The van der Waals surface area contributed by atoms with Gasteiger partial charge in [0.1, 0.15) is 11.6 Å². The zero-order chi connectivity index (χ0) is 18.3. The molecule has 4 rings (SSSR count). The molecule has 3 heterocycles. The van der Waals surface area contributed by atoms with E-state index in [-0.39, 0.29) is 17.6 Å². The van der Waals surface area contributed by atoms with E-state index in [1.54, 1.807) is 12.3 Å². The van der Waals surface area contributed by atoms with Crippen LogP contribution in [0.15, 0.2) is 30.6 Å². The van der Waals surface area contributed by atoms with Crippen LogP contribution >= 0.6 is 0 Å². The monoisotopic (exact) mass is 352 g/mol. The molecular formula is C20H21FN4O. The van der Waals surface area contributed by atoms with E-state index in [1.165, 1.54) is 18.3 Å². The molecule has 1 aliphatic rings. The van der Waals surface area contributed by atoms with Gasteiger partial charge in [0.25, 0.3) is 5.91 Å². The molecular weight excluding hydrogens is 331 g/mol. The number of hydrogen-bond donors (Lipinski definition) is 1. The van der Waals surface area contributed by atoms with Crippen LogP contribution < -0.4 is 0 Å². The van der Waals surface area contributed by atoms with Gasteiger partial charge in [-0.05, 0) is 44.9 Å². The summed E-state index contributed by atoms with van der Waals surface area (Å²) in [5, 5.41) is 1.37. The van der Waals surface area contributed by atoms with Crippen molar-refractivity contribution in [2.24, 2.45) is 0 Å². The maximum Gasteiger partial charge on any atom is 0.256 e. The number of aryl methyl sites for hydroxylation is 2. The van der Waals surface area contributed by atoms with Gasteiger partial charge in [0.05, 0.1) is 11.3 Å². The summed E-state index contributed by atoms with van der Waals surface area (Å²) in [6.45, 7) is 5.29. The van der Waals surface area contributed by atoms with Crippen molar-refractivity contribution in [1.82, 2.24) is 19.9 Å². The average Bonchev–Trinajstić information content (AvgIpc) is 2.99. The van der Waals surface area contributed by atoms with Gasteiger partial charge >= 0.3 is 0 Å². The number of nitrogens with zero attached hydrogens (tertiary/aromatic N) is 3. The van der Waals surface area contributed by atoms with Crippen molar-refractivity contribution < 1.29 is 9.18 Å². The van der Waals surface area contributed by atoms with Crippen LogP contribution in [0.1, 0.15) is 46.3 Å². The number of fused-ring (bicyclic) bond motifs is 1. The molecule has 1 atom stereocenters. The number of aromatic amines is 1. The Morgan fingerprint density at radius 1 is 1.31 bits per heavy atom. The number of carbonyl (C=O) groups excluding carboxylic acids is 1. The number of pyridine rings is 1. The van der Waals surface area contributed by atoms with E-state index in [2.05, 4.69) is 15.0 Å². The number of carbonyl (C=O) groups is 1. The second-order valence-electron chi connectivity index (χ2n) is 6.98. The zero-order valence-corrected chi connectivity index (χ0v) is 14.9. The first-order valence-electron chi connectivity index (χ1n) is 8.88. The number of hydrogen-bond acceptors (Lipinski definition) is 3. The zero-order valence-electron chi connectivity index (χ0n) is 14.9. The molecule has 26 heavy (non-hydrogen) atoms. The number of H-pyrrole nitrogens is 1. The summed E-state index contributed by atoms with van der Waals surface area (Å²) in [7, 11) is 0. The first-order chi connectivity index (χ1) is 12.5. The molecule has 134 valence electrons. The topological polar surface area (TPSA) is 61.9 Å². The molecule has 2 aromatic heterocycles. The third-order valence-electron chi connectivity index (χ3n) is 5.19. The third kappa shape index (κ3) is 2.96. The van der Waals surface area contributed by atoms with Crippen LogP contribution in [0.25, 0.3) is 10.8 Å². The third-order valence-corrected chi connectivity index (χ3v) is 5.19. The highest BCUT2D eigenvalue weighted by atomic mass is 19.1. The fourth-order valence-corrected chi connectivity index (χ4v) is 3.63. The van der Waals surface area contributed by atoms with Gasteiger partial charge in [0.15, 0.2) is 0 Å². The minimum Gasteiger partial charge on any atom is -0.346 e. The molecule has 1 aromatic carbocycles. The Hall–Kier alpha value is -2.76. The number of rotatable bonds is 2. The fourth-order valence-electron chi connectivity index (χ4n) is 3.63. The lowest BCUT2D eigenvalue weighted by molar-refractivity contribution is 0.0706. The van der Waals surface area contributed by atoms with Crippen molar-refractivity contribution in [1.29, 1.82) is 0 Å². The summed E-state index contributed by atoms with van der Waals surface area (Å²) in [5.41, 5.74) is 2.52. The molecule has 0 spiro atoms. The van der Waals surface area contributed by atoms with Crippen LogP contribution in [-0.4, -0.2) is 38.8 Å². The van der Waals surface area contributed by atoms with Gasteiger partial charge in [-0.2, -0.15) is 0 Å². The molecule has 0 aliphatic carbocycles. The predicted molar refractivity (Wildman–Crippen MR) is 97.6 cm³/mol. The highest BCUT2D eigenvalue weighted by Gasteiger charge is 2.28. The second-order valence-corrected chi connectivity index (χ2v) is 6.98. The Morgan fingerprint density at radius 3 is 2.92 bits per heavy atom. The van der Waals surface area contributed by atoms with Crippen molar-refractivity contribution in [3.05, 3.63) is 59.2 Å². The number of nitrogens with one attached hydrogen (secondary N) is 1. The fraction of sp³-hybridized carbons (Fsp3) is 0.350. The Morgan fingerprint density at radius 2 is 2.15 bits per heavy atom. The Balaban J connectivity index is 1.63. The lowest BCUT2D eigenvalue weighted by Gasteiger charge is -2.32. The first kappa shape index (κ1) is 16.7. The minimum absolute atomic E-state index is 0.0987. The van der Waals surface area contributed by atoms with Gasteiger partial charge in [-0.15, -0.1) is 0 Å². The van der Waals surface area contributed by atoms with E-state index in [4.69, 9.17) is 0 Å². The Labute approximate surface area is 151 Å². The summed E-state index contributed by atoms with van der Waals surface area (Å²) in [6.07, 6.45) is 5.11. The largest absolute Gasteiger partial charge is 0.346 e. The number of halogens is 1. The molecule has 0 radical (unpaired) electrons. The second kappa shape index (κ2) is 6.52. The van der Waals surface area contributed by atoms with Crippen LogP contribution in [0.4, 0.5) is 4.39 Å². The van der Waals surface area contributed by atoms with Crippen molar-refractivity contribution in [2.75, 3.05) is 13.1 Å². The lowest BCUT2D eigenvalue weighted by Crippen LogP contribution is -2.39. The summed E-state index contributed by atoms with van der Waals surface area (Å²) in [6, 6.07) is 4.45. The van der Waals surface area contributed by atoms with E-state index in [9.17, 15) is 9.18 Å². The molecule has 1 aliphatic heterocycles. The molecule has 6 heteroatoms. The molecule has 0 bridgehead atoms. The maximum absolute atomic E-state index is 13.7. The average molecular weight is 352 g/mol. The van der Waals surface area contributed by atoms with E-state index in [1.807, 2.05) is 18.7 Å². The molecule has 3 aromatic rings. The van der Waals surface area contributed by atoms with Crippen LogP contribution in [0.3, 0.4) is 0 Å². The van der Waals surface area contributed by atoms with Gasteiger partial charge in [-0.25, -0.2) is 9.37 Å². The van der Waals surface area contributed by atoms with Gasteiger partial charge in [-0.1, -0.05) is 0 Å². The number of amides is 1. The molecule has 1 fully saturated rings. The van der Waals surface area contributed by atoms with Crippen molar-refractivity contribution >= 4 is 16.7 Å². The maximum atomic E-state index is 13.7. The van der Waals surface area contributed by atoms with E-state index < -0.39 is 0 Å². The predicted octanol–water partition coefficient (Wildman–Crippen LogP) is 3.73. The van der Waals surface area contributed by atoms with E-state index in [0.717, 1.165) is 35.4 Å². The van der Waals surface area contributed by atoms with E-state index in [0.29, 0.717) is 24.0 Å². The number of imidazole rings is 1. The normalized spacial score (nSPS) is 17.7. The lowest BCUT2D eigenvalue weighted by atomic mass is 9.96. The van der Waals surface area contributed by atoms with Crippen LogP contribution in [0.5, 0.6) is 0 Å². The molecule has 0 saturated carbocycles. The Kier molecular flexibility index (Phi) is 4.18. The molecule has 5 nitrogen and oxygen atoms in total. The molecule has 1 amide bonds. The van der Waals surface area contributed by atoms with Crippen LogP contribution in [0, 0.1) is 19.7 Å². The van der Waals surface area contributed by atoms with Gasteiger partial charge in [-0.3, -0.25) is 9.78 Å². The van der Waals surface area contributed by atoms with Crippen molar-refractivity contribution in [3.63, 3.8) is 0 Å². The quantitative estimate of drug-likeness (QED) is 0.764. The van der Waals surface area contributed by atoms with Crippen molar-refractivity contribution in [2.45, 2.75) is 32.6 Å². The van der Waals surface area contributed by atoms with Crippen LogP contribution in [0.2, 0.25) is 0 Å². The summed E-state index contributed by atoms with van der Waals surface area (Å²) >= 11 is 0. The van der Waals surface area contributed by atoms with Gasteiger partial charge in [0, 0.05) is 47.9 Å². The minimum atomic E-state index is -0.351. The first-order valence-corrected chi connectivity index (χ1v) is 8.88. The van der Waals surface area contributed by atoms with Gasteiger partial charge in [0.2, 0.25) is 0 Å². The molecule has 1 unspecified atom stereocenters. The smallest absolute Gasteiger partial charge is 0.256 e. The molecule has 1 saturated heterocycles. The highest BCUT2D eigenvalue weighted by Crippen LogP contribution is 2.28. The summed E-state index contributed by atoms with van der Waals surface area (Å²) in [5.74, 6) is 0.688. The summed E-state index contributed by atoms with van der Waals surface area (Å²) < 4.78 is 13.7. The number of likely N-dealkylation sites (tertiary alicyclic amines) is 1. The van der Waals surface area contributed by atoms with Crippen molar-refractivity contribution in [3.8, 4) is 0 Å². The highest BCUT2D eigenvalue weighted by molar-refractivity contribution is 6.06. The molecule has 1 N–H and O–H groups in total.